The highest BCUT2D eigenvalue weighted by molar-refractivity contribution is 7.92. The lowest BCUT2D eigenvalue weighted by atomic mass is 10.2. The summed E-state index contributed by atoms with van der Waals surface area (Å²) in [7, 11) is -3.88. The zero-order valence-electron chi connectivity index (χ0n) is 17.7. The molecule has 1 atom stereocenters. The maximum absolute atomic E-state index is 12.7. The van der Waals surface area contributed by atoms with Gasteiger partial charge >= 0.3 is 5.97 Å². The first kappa shape index (κ1) is 22.9. The minimum Gasteiger partial charge on any atom is -0.486 e. The Balaban J connectivity index is 1.30. The molecule has 0 aliphatic carbocycles. The van der Waals surface area contributed by atoms with E-state index in [1.165, 1.54) is 36.4 Å². The molecule has 2 N–H and O–H groups in total. The predicted octanol–water partition coefficient (Wildman–Crippen LogP) is 1.71. The molecule has 33 heavy (non-hydrogen) atoms. The second-order valence-electron chi connectivity index (χ2n) is 7.50. The van der Waals surface area contributed by atoms with Crippen LogP contribution in [0.4, 0.5) is 5.69 Å². The number of benzene rings is 2. The van der Waals surface area contributed by atoms with E-state index in [4.69, 9.17) is 18.9 Å². The summed E-state index contributed by atoms with van der Waals surface area (Å²) >= 11 is 0. The Morgan fingerprint density at radius 3 is 2.48 bits per heavy atom. The van der Waals surface area contributed by atoms with Gasteiger partial charge in [-0.3, -0.25) is 9.52 Å². The molecule has 10 nitrogen and oxygen atoms in total. The number of carbonyl (C=O) groups is 2. The maximum Gasteiger partial charge on any atom is 0.338 e. The summed E-state index contributed by atoms with van der Waals surface area (Å²) in [6, 6.07) is 10.0. The predicted molar refractivity (Wildman–Crippen MR) is 117 cm³/mol. The van der Waals surface area contributed by atoms with Gasteiger partial charge in [0.15, 0.2) is 18.1 Å². The van der Waals surface area contributed by atoms with Crippen LogP contribution in [-0.4, -0.2) is 59.4 Å². The number of amides is 1. The van der Waals surface area contributed by atoms with Crippen LogP contribution in [0.15, 0.2) is 47.4 Å². The lowest BCUT2D eigenvalue weighted by molar-refractivity contribution is -0.124. The third-order valence-corrected chi connectivity index (χ3v) is 6.46. The molecule has 0 bridgehead atoms. The summed E-state index contributed by atoms with van der Waals surface area (Å²) in [5.41, 5.74) is 0.444. The van der Waals surface area contributed by atoms with Crippen LogP contribution in [-0.2, 0) is 24.3 Å². The minimum atomic E-state index is -3.88. The highest BCUT2D eigenvalue weighted by Gasteiger charge is 2.20. The van der Waals surface area contributed by atoms with Crippen molar-refractivity contribution >= 4 is 27.6 Å². The molecule has 1 amide bonds. The van der Waals surface area contributed by atoms with Gasteiger partial charge in [0.2, 0.25) is 0 Å². The van der Waals surface area contributed by atoms with Crippen molar-refractivity contribution in [3.05, 3.63) is 48.0 Å². The number of fused-ring (bicyclic) bond motifs is 1. The van der Waals surface area contributed by atoms with Gasteiger partial charge in [0, 0.05) is 24.9 Å². The molecule has 0 radical (unpaired) electrons. The smallest absolute Gasteiger partial charge is 0.338 e. The Bertz CT molecular complexity index is 1110. The summed E-state index contributed by atoms with van der Waals surface area (Å²) < 4.78 is 49.1. The summed E-state index contributed by atoms with van der Waals surface area (Å²) in [5.74, 6) is -0.253. The van der Waals surface area contributed by atoms with Crippen LogP contribution in [0.3, 0.4) is 0 Å². The molecule has 2 aromatic carbocycles. The fourth-order valence-electron chi connectivity index (χ4n) is 3.38. The van der Waals surface area contributed by atoms with Crippen molar-refractivity contribution in [2.45, 2.75) is 23.8 Å². The Labute approximate surface area is 191 Å². The van der Waals surface area contributed by atoms with Gasteiger partial charge in [0.25, 0.3) is 15.9 Å². The molecule has 4 rings (SSSR count). The monoisotopic (exact) mass is 476 g/mol. The second kappa shape index (κ2) is 10.1. The van der Waals surface area contributed by atoms with Crippen LogP contribution in [0, 0.1) is 0 Å². The molecule has 1 unspecified atom stereocenters. The quantitative estimate of drug-likeness (QED) is 0.551. The highest BCUT2D eigenvalue weighted by Crippen LogP contribution is 2.32. The normalized spacial score (nSPS) is 17.3. The van der Waals surface area contributed by atoms with Crippen molar-refractivity contribution in [1.82, 2.24) is 5.32 Å². The summed E-state index contributed by atoms with van der Waals surface area (Å²) in [4.78, 5) is 24.0. The van der Waals surface area contributed by atoms with E-state index in [1.807, 2.05) is 0 Å². The molecular weight excluding hydrogens is 452 g/mol. The maximum atomic E-state index is 12.7. The molecule has 0 spiro atoms. The number of rotatable bonds is 8. The molecule has 0 saturated carbocycles. The first-order chi connectivity index (χ1) is 15.9. The first-order valence-corrected chi connectivity index (χ1v) is 12.0. The second-order valence-corrected chi connectivity index (χ2v) is 9.19. The Morgan fingerprint density at radius 1 is 1.00 bits per heavy atom. The molecule has 2 aliphatic rings. The van der Waals surface area contributed by atoms with Gasteiger partial charge in [-0.25, -0.2) is 13.2 Å². The van der Waals surface area contributed by atoms with Crippen LogP contribution >= 0.6 is 0 Å². The lowest BCUT2D eigenvalue weighted by Crippen LogP contribution is -2.34. The highest BCUT2D eigenvalue weighted by atomic mass is 32.2. The largest absolute Gasteiger partial charge is 0.486 e. The fourth-order valence-corrected chi connectivity index (χ4v) is 4.45. The van der Waals surface area contributed by atoms with E-state index in [2.05, 4.69) is 10.0 Å². The Hall–Kier alpha value is -3.31. The number of nitrogens with one attached hydrogen (secondary N) is 2. The molecule has 1 fully saturated rings. The van der Waals surface area contributed by atoms with E-state index in [0.29, 0.717) is 37.9 Å². The van der Waals surface area contributed by atoms with Crippen LogP contribution in [0.1, 0.15) is 23.2 Å². The first-order valence-electron chi connectivity index (χ1n) is 10.5. The minimum absolute atomic E-state index is 0.00291. The van der Waals surface area contributed by atoms with E-state index in [1.54, 1.807) is 6.07 Å². The fraction of sp³-hybridized carbons (Fsp3) is 0.364. The molecule has 176 valence electrons. The standard InChI is InChI=1S/C22H24N2O8S/c25-21(23-13-17-2-1-9-29-17)14-32-22(26)15-3-5-16(6-4-15)24-33(27,28)18-7-8-19-20(12-18)31-11-10-30-19/h3-8,12,17,24H,1-2,9-11,13-14H2,(H,23,25). The zero-order valence-corrected chi connectivity index (χ0v) is 18.6. The number of ether oxygens (including phenoxy) is 4. The molecule has 2 aliphatic heterocycles. The molecular formula is C22H24N2O8S. The zero-order chi connectivity index (χ0) is 23.3. The SMILES string of the molecule is O=C(COC(=O)c1ccc(NS(=O)(=O)c2ccc3c(c2)OCCO3)cc1)NCC1CCCO1. The van der Waals surface area contributed by atoms with Crippen molar-refractivity contribution in [2.24, 2.45) is 0 Å². The van der Waals surface area contributed by atoms with Crippen LogP contribution in [0.2, 0.25) is 0 Å². The van der Waals surface area contributed by atoms with Crippen LogP contribution in [0.25, 0.3) is 0 Å². The van der Waals surface area contributed by atoms with Crippen molar-refractivity contribution < 1.29 is 37.0 Å². The number of esters is 1. The van der Waals surface area contributed by atoms with Crippen molar-refractivity contribution in [3.63, 3.8) is 0 Å². The third-order valence-electron chi connectivity index (χ3n) is 5.08. The number of sulfonamides is 1. The Morgan fingerprint density at radius 2 is 1.76 bits per heavy atom. The van der Waals surface area contributed by atoms with E-state index in [9.17, 15) is 18.0 Å². The molecule has 1 saturated heterocycles. The molecule has 11 heteroatoms. The van der Waals surface area contributed by atoms with Gasteiger partial charge in [-0.2, -0.15) is 0 Å². The van der Waals surface area contributed by atoms with E-state index in [0.717, 1.165) is 12.8 Å². The van der Waals surface area contributed by atoms with Crippen molar-refractivity contribution in [2.75, 3.05) is 37.7 Å². The topological polar surface area (TPSA) is 129 Å². The third kappa shape index (κ3) is 5.93. The lowest BCUT2D eigenvalue weighted by Gasteiger charge is -2.19. The summed E-state index contributed by atoms with van der Waals surface area (Å²) in [6.07, 6.45) is 1.87. The van der Waals surface area contributed by atoms with E-state index < -0.39 is 28.5 Å². The van der Waals surface area contributed by atoms with Gasteiger partial charge < -0.3 is 24.3 Å². The van der Waals surface area contributed by atoms with Crippen LogP contribution in [0.5, 0.6) is 11.5 Å². The van der Waals surface area contributed by atoms with Gasteiger partial charge in [-0.1, -0.05) is 0 Å². The van der Waals surface area contributed by atoms with Crippen LogP contribution < -0.4 is 19.5 Å². The average Bonchev–Trinajstić information content (AvgIpc) is 3.35. The van der Waals surface area contributed by atoms with Crippen molar-refractivity contribution in [3.8, 4) is 11.5 Å². The van der Waals surface area contributed by atoms with E-state index in [-0.39, 0.29) is 22.3 Å². The van der Waals surface area contributed by atoms with Crippen molar-refractivity contribution in [1.29, 1.82) is 0 Å². The van der Waals surface area contributed by atoms with Gasteiger partial charge in [0.05, 0.1) is 16.6 Å². The average molecular weight is 477 g/mol. The summed E-state index contributed by atoms with van der Waals surface area (Å²) in [5, 5.41) is 2.67. The van der Waals surface area contributed by atoms with Gasteiger partial charge in [-0.15, -0.1) is 0 Å². The number of hydrogen-bond acceptors (Lipinski definition) is 8. The Kier molecular flexibility index (Phi) is 6.99. The molecule has 0 aromatic heterocycles. The number of hydrogen-bond donors (Lipinski definition) is 2. The van der Waals surface area contributed by atoms with Gasteiger partial charge in [0.1, 0.15) is 13.2 Å². The number of carbonyl (C=O) groups excluding carboxylic acids is 2. The molecule has 2 aromatic rings. The summed E-state index contributed by atoms with van der Waals surface area (Å²) in [6.45, 7) is 1.42. The van der Waals surface area contributed by atoms with E-state index >= 15 is 0 Å². The number of anilines is 1. The molecule has 2 heterocycles. The van der Waals surface area contributed by atoms with Gasteiger partial charge in [-0.05, 0) is 49.2 Å².